The molecule has 1 unspecified atom stereocenters. The zero-order valence-electron chi connectivity index (χ0n) is 9.64. The van der Waals surface area contributed by atoms with Gasteiger partial charge in [-0.2, -0.15) is 17.4 Å². The number of hydrogen-bond acceptors (Lipinski definition) is 3. The zero-order chi connectivity index (χ0) is 12.3. The van der Waals surface area contributed by atoms with E-state index in [2.05, 4.69) is 11.6 Å². The maximum absolute atomic E-state index is 11.9. The van der Waals surface area contributed by atoms with Gasteiger partial charge in [-0.3, -0.25) is 0 Å². The number of piperidine rings is 1. The van der Waals surface area contributed by atoms with Gasteiger partial charge in [-0.1, -0.05) is 19.1 Å². The van der Waals surface area contributed by atoms with E-state index in [1.165, 1.54) is 4.31 Å². The van der Waals surface area contributed by atoms with Gasteiger partial charge >= 0.3 is 0 Å². The number of nitrogens with one attached hydrogen (secondary N) is 1. The first-order chi connectivity index (χ1) is 7.33. The maximum Gasteiger partial charge on any atom is 0.280 e. The van der Waals surface area contributed by atoms with E-state index in [-0.39, 0.29) is 4.99 Å². The van der Waals surface area contributed by atoms with E-state index in [1.54, 1.807) is 6.92 Å². The topological polar surface area (TPSA) is 75.4 Å². The van der Waals surface area contributed by atoms with Crippen molar-refractivity contribution in [3.05, 3.63) is 0 Å². The van der Waals surface area contributed by atoms with Crippen LogP contribution in [-0.4, -0.2) is 36.8 Å². The second-order valence-corrected chi connectivity index (χ2v) is 6.50. The van der Waals surface area contributed by atoms with Crippen LogP contribution in [0.5, 0.6) is 0 Å². The Hall–Kier alpha value is -0.240. The van der Waals surface area contributed by atoms with Crippen LogP contribution in [0.25, 0.3) is 0 Å². The van der Waals surface area contributed by atoms with Crippen molar-refractivity contribution in [2.45, 2.75) is 32.7 Å². The van der Waals surface area contributed by atoms with E-state index in [0.29, 0.717) is 19.0 Å². The summed E-state index contributed by atoms with van der Waals surface area (Å²) in [6.45, 7) is 4.92. The Bertz CT molecular complexity index is 348. The molecule has 0 amide bonds. The summed E-state index contributed by atoms with van der Waals surface area (Å²) in [5.41, 5.74) is 5.38. The molecule has 94 valence electrons. The van der Waals surface area contributed by atoms with E-state index >= 15 is 0 Å². The summed E-state index contributed by atoms with van der Waals surface area (Å²) in [6.07, 6.45) is 1.81. The molecule has 7 heteroatoms. The average molecular weight is 265 g/mol. The van der Waals surface area contributed by atoms with Gasteiger partial charge in [0.25, 0.3) is 10.2 Å². The molecule has 1 fully saturated rings. The van der Waals surface area contributed by atoms with Gasteiger partial charge in [0.05, 0.1) is 11.0 Å². The molecule has 0 aromatic carbocycles. The molecule has 1 aliphatic heterocycles. The van der Waals surface area contributed by atoms with Crippen LogP contribution in [0.4, 0.5) is 0 Å². The third kappa shape index (κ3) is 3.65. The minimum Gasteiger partial charge on any atom is -0.392 e. The Kier molecular flexibility index (Phi) is 4.66. The Morgan fingerprint density at radius 2 is 2.00 bits per heavy atom. The summed E-state index contributed by atoms with van der Waals surface area (Å²) in [5.74, 6) is 0.597. The second-order valence-electron chi connectivity index (χ2n) is 4.33. The normalized spacial score (nSPS) is 21.9. The van der Waals surface area contributed by atoms with Crippen molar-refractivity contribution in [1.29, 1.82) is 0 Å². The Balaban J connectivity index is 2.60. The molecule has 1 heterocycles. The standard InChI is InChI=1S/C9H19N3O2S2/c1-7-3-5-12(6-4-7)16(13,14)11-8(2)9(10)15/h7-8,11H,3-6H2,1-2H3,(H2,10,15). The maximum atomic E-state index is 11.9. The van der Waals surface area contributed by atoms with Crippen molar-refractivity contribution in [2.24, 2.45) is 11.7 Å². The van der Waals surface area contributed by atoms with E-state index in [0.717, 1.165) is 12.8 Å². The molecular weight excluding hydrogens is 246 g/mol. The Morgan fingerprint density at radius 1 is 1.50 bits per heavy atom. The lowest BCUT2D eigenvalue weighted by atomic mass is 10.0. The highest BCUT2D eigenvalue weighted by Crippen LogP contribution is 2.18. The van der Waals surface area contributed by atoms with Gasteiger partial charge in [0.1, 0.15) is 0 Å². The summed E-state index contributed by atoms with van der Waals surface area (Å²) in [4.78, 5) is 0.161. The number of rotatable bonds is 4. The molecule has 1 atom stereocenters. The molecule has 5 nitrogen and oxygen atoms in total. The monoisotopic (exact) mass is 265 g/mol. The minimum atomic E-state index is -3.44. The molecule has 0 aliphatic carbocycles. The molecule has 0 saturated carbocycles. The molecule has 16 heavy (non-hydrogen) atoms. The fourth-order valence-electron chi connectivity index (χ4n) is 1.58. The first-order valence-corrected chi connectivity index (χ1v) is 7.24. The second kappa shape index (κ2) is 5.39. The fraction of sp³-hybridized carbons (Fsp3) is 0.889. The SMILES string of the molecule is CC1CCN(S(=O)(=O)NC(C)C(N)=S)CC1. The minimum absolute atomic E-state index is 0.161. The summed E-state index contributed by atoms with van der Waals surface area (Å²) in [6, 6.07) is -0.501. The number of thiocarbonyl (C=S) groups is 1. The van der Waals surface area contributed by atoms with E-state index < -0.39 is 16.3 Å². The van der Waals surface area contributed by atoms with Crippen molar-refractivity contribution in [3.63, 3.8) is 0 Å². The van der Waals surface area contributed by atoms with Gasteiger partial charge in [-0.15, -0.1) is 0 Å². The van der Waals surface area contributed by atoms with Crippen LogP contribution < -0.4 is 10.5 Å². The Morgan fingerprint density at radius 3 is 2.44 bits per heavy atom. The molecule has 1 aliphatic rings. The van der Waals surface area contributed by atoms with Gasteiger partial charge in [-0.25, -0.2) is 0 Å². The predicted molar refractivity (Wildman–Crippen MR) is 68.3 cm³/mol. The van der Waals surface area contributed by atoms with Crippen LogP contribution in [0.3, 0.4) is 0 Å². The van der Waals surface area contributed by atoms with Crippen LogP contribution in [0.15, 0.2) is 0 Å². The van der Waals surface area contributed by atoms with Crippen molar-refractivity contribution in [3.8, 4) is 0 Å². The number of hydrogen-bond donors (Lipinski definition) is 2. The molecule has 0 bridgehead atoms. The van der Waals surface area contributed by atoms with E-state index in [1.807, 2.05) is 0 Å². The number of nitrogens with two attached hydrogens (primary N) is 1. The lowest BCUT2D eigenvalue weighted by molar-refractivity contribution is 0.284. The molecule has 0 aromatic rings. The molecular formula is C9H19N3O2S2. The quantitative estimate of drug-likeness (QED) is 0.713. The van der Waals surface area contributed by atoms with Crippen LogP contribution in [-0.2, 0) is 10.2 Å². The summed E-state index contributed by atoms with van der Waals surface area (Å²) in [5, 5.41) is 0. The van der Waals surface area contributed by atoms with Crippen LogP contribution >= 0.6 is 12.2 Å². The molecule has 3 N–H and O–H groups in total. The summed E-state index contributed by atoms with van der Waals surface area (Å²) < 4.78 is 27.7. The molecule has 1 rings (SSSR count). The van der Waals surface area contributed by atoms with Crippen LogP contribution in [0, 0.1) is 5.92 Å². The number of nitrogens with zero attached hydrogens (tertiary/aromatic N) is 1. The predicted octanol–water partition coefficient (Wildman–Crippen LogP) is 0.227. The zero-order valence-corrected chi connectivity index (χ0v) is 11.3. The smallest absolute Gasteiger partial charge is 0.280 e. The van der Waals surface area contributed by atoms with Crippen LogP contribution in [0.1, 0.15) is 26.7 Å². The van der Waals surface area contributed by atoms with Crippen molar-refractivity contribution >= 4 is 27.4 Å². The van der Waals surface area contributed by atoms with Crippen molar-refractivity contribution in [2.75, 3.05) is 13.1 Å². The molecule has 0 spiro atoms. The first-order valence-electron chi connectivity index (χ1n) is 5.39. The van der Waals surface area contributed by atoms with Gasteiger partial charge < -0.3 is 5.73 Å². The van der Waals surface area contributed by atoms with Crippen molar-refractivity contribution < 1.29 is 8.42 Å². The summed E-state index contributed by atoms with van der Waals surface area (Å²) >= 11 is 4.74. The molecule has 0 radical (unpaired) electrons. The highest BCUT2D eigenvalue weighted by Gasteiger charge is 2.27. The van der Waals surface area contributed by atoms with Crippen LogP contribution in [0.2, 0.25) is 0 Å². The fourth-order valence-corrected chi connectivity index (χ4v) is 3.13. The van der Waals surface area contributed by atoms with Crippen molar-refractivity contribution in [1.82, 2.24) is 9.03 Å². The Labute approximate surface area is 103 Å². The molecule has 1 saturated heterocycles. The molecule has 0 aromatic heterocycles. The van der Waals surface area contributed by atoms with E-state index in [4.69, 9.17) is 18.0 Å². The van der Waals surface area contributed by atoms with Gasteiger partial charge in [0.2, 0.25) is 0 Å². The summed E-state index contributed by atoms with van der Waals surface area (Å²) in [7, 11) is -3.44. The van der Waals surface area contributed by atoms with Gasteiger partial charge in [-0.05, 0) is 25.7 Å². The van der Waals surface area contributed by atoms with Gasteiger partial charge in [0, 0.05) is 13.1 Å². The van der Waals surface area contributed by atoms with Gasteiger partial charge in [0.15, 0.2) is 0 Å². The third-order valence-electron chi connectivity index (χ3n) is 2.84. The lowest BCUT2D eigenvalue weighted by Gasteiger charge is -2.30. The average Bonchev–Trinajstić information content (AvgIpc) is 2.17. The van der Waals surface area contributed by atoms with E-state index in [9.17, 15) is 8.42 Å². The largest absolute Gasteiger partial charge is 0.392 e. The highest BCUT2D eigenvalue weighted by molar-refractivity contribution is 7.87. The lowest BCUT2D eigenvalue weighted by Crippen LogP contribution is -2.50. The highest BCUT2D eigenvalue weighted by atomic mass is 32.2. The first kappa shape index (κ1) is 13.8. The third-order valence-corrected chi connectivity index (χ3v) is 4.88.